The van der Waals surface area contributed by atoms with Crippen molar-refractivity contribution in [1.29, 1.82) is 0 Å². The Morgan fingerprint density at radius 1 is 1.53 bits per heavy atom. The Morgan fingerprint density at radius 3 is 2.84 bits per heavy atom. The molecule has 0 spiro atoms. The summed E-state index contributed by atoms with van der Waals surface area (Å²) >= 11 is 5.19. The molecule has 0 aromatic heterocycles. The fraction of sp³-hybridized carbons (Fsp3) is 0.500. The maximum absolute atomic E-state index is 11.1. The van der Waals surface area contributed by atoms with Crippen LogP contribution >= 0.6 is 27.7 Å². The van der Waals surface area contributed by atoms with E-state index in [9.17, 15) is 4.79 Å². The van der Waals surface area contributed by atoms with Crippen molar-refractivity contribution in [3.63, 3.8) is 0 Å². The summed E-state index contributed by atoms with van der Waals surface area (Å²) in [6, 6.07) is 8.26. The number of carbonyl (C=O) groups is 1. The van der Waals surface area contributed by atoms with E-state index in [1.165, 1.54) is 12.7 Å². The second-order valence-corrected chi connectivity index (χ2v) is 6.41. The summed E-state index contributed by atoms with van der Waals surface area (Å²) in [6.07, 6.45) is 1.32. The minimum absolute atomic E-state index is 0.0805. The van der Waals surface area contributed by atoms with Crippen molar-refractivity contribution in [3.8, 4) is 0 Å². The van der Waals surface area contributed by atoms with Gasteiger partial charge in [-0.15, -0.1) is 0 Å². The second-order valence-electron chi connectivity index (χ2n) is 4.24. The summed E-state index contributed by atoms with van der Waals surface area (Å²) in [4.78, 5) is 11.1. The average molecular weight is 346 g/mol. The van der Waals surface area contributed by atoms with Gasteiger partial charge in [-0.1, -0.05) is 35.0 Å². The van der Waals surface area contributed by atoms with E-state index in [1.807, 2.05) is 12.1 Å². The number of hydrogen-bond acceptors (Lipinski definition) is 4. The highest BCUT2D eigenvalue weighted by Crippen LogP contribution is 2.34. The van der Waals surface area contributed by atoms with Crippen LogP contribution in [0.2, 0.25) is 0 Å². The molecule has 0 aliphatic heterocycles. The van der Waals surface area contributed by atoms with E-state index in [-0.39, 0.29) is 17.3 Å². The smallest absolute Gasteiger partial charge is 0.306 e. The molecular weight excluding hydrogens is 326 g/mol. The summed E-state index contributed by atoms with van der Waals surface area (Å²) < 4.78 is 5.70. The zero-order valence-corrected chi connectivity index (χ0v) is 13.7. The molecule has 1 aromatic carbocycles. The number of carbonyl (C=O) groups excluding carboxylic acids is 1. The summed E-state index contributed by atoms with van der Waals surface area (Å²) in [5, 5.41) is 0.201. The third-order valence-corrected chi connectivity index (χ3v) is 4.78. The summed E-state index contributed by atoms with van der Waals surface area (Å²) in [7, 11) is 1.41. The van der Waals surface area contributed by atoms with Crippen LogP contribution in [0.3, 0.4) is 0 Å². The van der Waals surface area contributed by atoms with Crippen LogP contribution in [-0.4, -0.2) is 24.9 Å². The van der Waals surface area contributed by atoms with E-state index in [2.05, 4.69) is 39.7 Å². The standard InChI is InChI=1S/C14H20BrNO2S/c1-3-12(16)14(19-8-7-13(17)18-2)10-5-4-6-11(15)9-10/h4-6,9,12,14H,3,7-8,16H2,1-2H3. The summed E-state index contributed by atoms with van der Waals surface area (Å²) in [6.45, 7) is 2.08. The van der Waals surface area contributed by atoms with Gasteiger partial charge in [0.1, 0.15) is 0 Å². The lowest BCUT2D eigenvalue weighted by molar-refractivity contribution is -0.140. The van der Waals surface area contributed by atoms with E-state index in [4.69, 9.17) is 5.73 Å². The quantitative estimate of drug-likeness (QED) is 0.768. The lowest BCUT2D eigenvalue weighted by atomic mass is 10.0. The molecule has 0 saturated heterocycles. The number of hydrogen-bond donors (Lipinski definition) is 1. The van der Waals surface area contributed by atoms with Gasteiger partial charge in [-0.3, -0.25) is 4.79 Å². The Bertz CT molecular complexity index is 414. The molecule has 0 saturated carbocycles. The molecule has 0 radical (unpaired) electrons. The lowest BCUT2D eigenvalue weighted by Crippen LogP contribution is -2.26. The number of halogens is 1. The minimum Gasteiger partial charge on any atom is -0.469 e. The Morgan fingerprint density at radius 2 is 2.26 bits per heavy atom. The second kappa shape index (κ2) is 8.61. The van der Waals surface area contributed by atoms with E-state index in [0.717, 1.165) is 16.6 Å². The molecule has 1 aromatic rings. The van der Waals surface area contributed by atoms with Crippen LogP contribution in [0, 0.1) is 0 Å². The van der Waals surface area contributed by atoms with Gasteiger partial charge >= 0.3 is 5.97 Å². The first kappa shape index (κ1) is 16.5. The van der Waals surface area contributed by atoms with Crippen molar-refractivity contribution in [2.24, 2.45) is 5.73 Å². The van der Waals surface area contributed by atoms with Crippen molar-refractivity contribution in [2.75, 3.05) is 12.9 Å². The van der Waals surface area contributed by atoms with Crippen LogP contribution < -0.4 is 5.73 Å². The van der Waals surface area contributed by atoms with Gasteiger partial charge in [0, 0.05) is 21.5 Å². The Labute approximate surface area is 127 Å². The first-order valence-corrected chi connectivity index (χ1v) is 8.12. The number of benzene rings is 1. The summed E-state index contributed by atoms with van der Waals surface area (Å²) in [5.41, 5.74) is 7.39. The highest BCUT2D eigenvalue weighted by atomic mass is 79.9. The molecule has 0 heterocycles. The highest BCUT2D eigenvalue weighted by molar-refractivity contribution is 9.10. The average Bonchev–Trinajstić information content (AvgIpc) is 2.42. The number of ether oxygens (including phenoxy) is 1. The Balaban J connectivity index is 2.70. The van der Waals surface area contributed by atoms with Crippen LogP contribution in [-0.2, 0) is 9.53 Å². The zero-order chi connectivity index (χ0) is 14.3. The molecule has 0 aliphatic carbocycles. The fourth-order valence-corrected chi connectivity index (χ4v) is 3.47. The molecule has 0 fully saturated rings. The van der Waals surface area contributed by atoms with Gasteiger partial charge in [0.15, 0.2) is 0 Å². The fourth-order valence-electron chi connectivity index (χ4n) is 1.74. The van der Waals surface area contributed by atoms with Crippen molar-refractivity contribution >= 4 is 33.7 Å². The zero-order valence-electron chi connectivity index (χ0n) is 11.3. The van der Waals surface area contributed by atoms with Crippen molar-refractivity contribution < 1.29 is 9.53 Å². The van der Waals surface area contributed by atoms with E-state index in [1.54, 1.807) is 11.8 Å². The van der Waals surface area contributed by atoms with Crippen LogP contribution in [0.5, 0.6) is 0 Å². The van der Waals surface area contributed by atoms with Gasteiger partial charge in [0.25, 0.3) is 0 Å². The Kier molecular flexibility index (Phi) is 7.49. The largest absolute Gasteiger partial charge is 0.469 e. The van der Waals surface area contributed by atoms with Crippen LogP contribution in [0.4, 0.5) is 0 Å². The number of thioether (sulfide) groups is 1. The first-order valence-electron chi connectivity index (χ1n) is 6.28. The van der Waals surface area contributed by atoms with E-state index in [0.29, 0.717) is 6.42 Å². The molecule has 0 aliphatic rings. The molecule has 0 bridgehead atoms. The third kappa shape index (κ3) is 5.55. The van der Waals surface area contributed by atoms with Crippen LogP contribution in [0.25, 0.3) is 0 Å². The molecule has 19 heavy (non-hydrogen) atoms. The maximum Gasteiger partial charge on any atom is 0.306 e. The molecule has 106 valence electrons. The lowest BCUT2D eigenvalue weighted by Gasteiger charge is -2.23. The van der Waals surface area contributed by atoms with Crippen LogP contribution in [0.15, 0.2) is 28.7 Å². The van der Waals surface area contributed by atoms with Gasteiger partial charge in [-0.05, 0) is 24.1 Å². The van der Waals surface area contributed by atoms with Gasteiger partial charge in [0.2, 0.25) is 0 Å². The minimum atomic E-state index is -0.175. The normalized spacial score (nSPS) is 13.9. The SMILES string of the molecule is CCC(N)C(SCCC(=O)OC)c1cccc(Br)c1. The predicted octanol–water partition coefficient (Wildman–Crippen LogP) is 3.52. The van der Waals surface area contributed by atoms with Crippen molar-refractivity contribution in [3.05, 3.63) is 34.3 Å². The number of rotatable bonds is 7. The molecule has 5 heteroatoms. The van der Waals surface area contributed by atoms with Gasteiger partial charge < -0.3 is 10.5 Å². The van der Waals surface area contributed by atoms with E-state index >= 15 is 0 Å². The molecule has 0 amide bonds. The van der Waals surface area contributed by atoms with Crippen LogP contribution in [0.1, 0.15) is 30.6 Å². The molecule has 3 nitrogen and oxygen atoms in total. The van der Waals surface area contributed by atoms with Gasteiger partial charge in [0.05, 0.1) is 13.5 Å². The summed E-state index contributed by atoms with van der Waals surface area (Å²) in [5.74, 6) is 0.544. The third-order valence-electron chi connectivity index (χ3n) is 2.87. The van der Waals surface area contributed by atoms with Gasteiger partial charge in [-0.2, -0.15) is 11.8 Å². The molecular formula is C14H20BrNO2S. The number of esters is 1. The molecule has 2 N–H and O–H groups in total. The topological polar surface area (TPSA) is 52.3 Å². The first-order chi connectivity index (χ1) is 9.08. The Hall–Kier alpha value is -0.520. The van der Waals surface area contributed by atoms with Crippen molar-refractivity contribution in [1.82, 2.24) is 0 Å². The predicted molar refractivity (Wildman–Crippen MR) is 84.2 cm³/mol. The monoisotopic (exact) mass is 345 g/mol. The van der Waals surface area contributed by atoms with E-state index < -0.39 is 0 Å². The highest BCUT2D eigenvalue weighted by Gasteiger charge is 2.19. The number of nitrogens with two attached hydrogens (primary N) is 1. The molecule has 1 rings (SSSR count). The van der Waals surface area contributed by atoms with Gasteiger partial charge in [-0.25, -0.2) is 0 Å². The molecule has 2 unspecified atom stereocenters. The number of methoxy groups -OCH3 is 1. The maximum atomic E-state index is 11.1. The van der Waals surface area contributed by atoms with Crippen molar-refractivity contribution in [2.45, 2.75) is 31.1 Å². The molecule has 2 atom stereocenters.